The van der Waals surface area contributed by atoms with Gasteiger partial charge in [0.25, 0.3) is 0 Å². The summed E-state index contributed by atoms with van der Waals surface area (Å²) < 4.78 is 121. The van der Waals surface area contributed by atoms with Crippen molar-refractivity contribution < 1.29 is 43.5 Å². The summed E-state index contributed by atoms with van der Waals surface area (Å²) in [7, 11) is 0. The quantitative estimate of drug-likeness (QED) is 0.201. The highest BCUT2D eigenvalue weighted by atomic mass is 32.2. The molecule has 0 bridgehead atoms. The molecular formula is C25H18F6O4S2. The zero-order chi connectivity index (χ0) is 27.3. The molecule has 2 unspecified atom stereocenters. The van der Waals surface area contributed by atoms with E-state index in [1.165, 1.54) is 18.2 Å². The van der Waals surface area contributed by atoms with Crippen LogP contribution in [-0.4, -0.2) is 19.1 Å². The molecule has 0 spiro atoms. The average Bonchev–Trinajstić information content (AvgIpc) is 2.80. The second-order valence-corrected chi connectivity index (χ2v) is 10.4. The highest BCUT2D eigenvalue weighted by Gasteiger charge is 2.33. The third kappa shape index (κ3) is 5.42. The molecule has 0 saturated heterocycles. The van der Waals surface area contributed by atoms with E-state index in [9.17, 15) is 39.3 Å². The maximum atomic E-state index is 13.4. The van der Waals surface area contributed by atoms with Gasteiger partial charge in [-0.05, 0) is 71.8 Å². The normalized spacial score (nSPS) is 14.4. The van der Waals surface area contributed by atoms with Crippen LogP contribution in [0.1, 0.15) is 25.0 Å². The summed E-state index contributed by atoms with van der Waals surface area (Å²) >= 11 is -4.82. The highest BCUT2D eigenvalue weighted by molar-refractivity contribution is 7.80. The van der Waals surface area contributed by atoms with Crippen LogP contribution in [0, 0.1) is 0 Å². The molecule has 4 nitrogen and oxygen atoms in total. The second-order valence-electron chi connectivity index (χ2n) is 8.37. The lowest BCUT2D eigenvalue weighted by Crippen LogP contribution is -2.09. The Morgan fingerprint density at radius 2 is 1.14 bits per heavy atom. The van der Waals surface area contributed by atoms with E-state index in [2.05, 4.69) is 0 Å². The Morgan fingerprint density at radius 3 is 1.54 bits per heavy atom. The molecule has 196 valence electrons. The molecule has 37 heavy (non-hydrogen) atoms. The lowest BCUT2D eigenvalue weighted by molar-refractivity contribution is -0.138. The third-order valence-corrected chi connectivity index (χ3v) is 7.49. The average molecular weight is 561 g/mol. The summed E-state index contributed by atoms with van der Waals surface area (Å²) in [5.41, 5.74) is -1.92. The molecule has 0 aliphatic rings. The predicted octanol–water partition coefficient (Wildman–Crippen LogP) is 7.73. The van der Waals surface area contributed by atoms with E-state index in [-0.39, 0.29) is 42.5 Å². The molecular weight excluding hydrogens is 542 g/mol. The van der Waals surface area contributed by atoms with Gasteiger partial charge in [-0.25, -0.2) is 8.42 Å². The van der Waals surface area contributed by atoms with Gasteiger partial charge in [-0.2, -0.15) is 26.3 Å². The monoisotopic (exact) mass is 560 g/mol. The van der Waals surface area contributed by atoms with Crippen LogP contribution in [0.25, 0.3) is 32.7 Å². The van der Waals surface area contributed by atoms with Crippen LogP contribution in [0.15, 0.2) is 70.5 Å². The predicted molar refractivity (Wildman–Crippen MR) is 129 cm³/mol. The molecule has 4 aromatic carbocycles. The van der Waals surface area contributed by atoms with Gasteiger partial charge < -0.3 is 4.55 Å². The van der Waals surface area contributed by atoms with Gasteiger partial charge in [0.05, 0.1) is 27.0 Å². The van der Waals surface area contributed by atoms with Gasteiger partial charge in [-0.3, -0.25) is 4.18 Å². The lowest BCUT2D eigenvalue weighted by atomic mass is 9.92. The number of halogens is 6. The minimum atomic E-state index is -4.65. The number of rotatable bonds is 5. The highest BCUT2D eigenvalue weighted by Crippen LogP contribution is 2.44. The van der Waals surface area contributed by atoms with Crippen LogP contribution in [-0.2, 0) is 38.7 Å². The van der Waals surface area contributed by atoms with E-state index in [1.807, 2.05) is 0 Å². The topological polar surface area (TPSA) is 63.6 Å². The molecule has 0 heterocycles. The largest absolute Gasteiger partial charge is 0.416 e. The fourth-order valence-electron chi connectivity index (χ4n) is 4.00. The fraction of sp³-hybridized carbons (Fsp3) is 0.200. The molecule has 0 aliphatic carbocycles. The Kier molecular flexibility index (Phi) is 7.23. The standard InChI is InChI=1S/C25H18F6O4S2/c1-13(2)35-37(34)21-10-4-15-12-17(25(29,30)31)6-8-19(15)23(21)22-18-7-5-16(24(26,27)28)11-14(18)3-9-20(22)36(32)33/h3-13H,1-2H3,(H,32,33). The van der Waals surface area contributed by atoms with E-state index in [0.29, 0.717) is 0 Å². The van der Waals surface area contributed by atoms with Gasteiger partial charge in [-0.15, -0.1) is 0 Å². The van der Waals surface area contributed by atoms with E-state index >= 15 is 0 Å². The maximum absolute atomic E-state index is 13.4. The van der Waals surface area contributed by atoms with Crippen molar-refractivity contribution in [2.45, 2.75) is 42.1 Å². The Balaban J connectivity index is 2.16. The van der Waals surface area contributed by atoms with Crippen molar-refractivity contribution >= 4 is 43.7 Å². The van der Waals surface area contributed by atoms with Gasteiger partial charge in [0.15, 0.2) is 22.2 Å². The van der Waals surface area contributed by atoms with Crippen molar-refractivity contribution in [3.05, 3.63) is 71.8 Å². The summed E-state index contributed by atoms with van der Waals surface area (Å²) in [6, 6.07) is 10.6. The first-order chi connectivity index (χ1) is 17.2. The summed E-state index contributed by atoms with van der Waals surface area (Å²) in [6.07, 6.45) is -9.83. The van der Waals surface area contributed by atoms with Crippen molar-refractivity contribution in [3.63, 3.8) is 0 Å². The van der Waals surface area contributed by atoms with Crippen LogP contribution in [0.2, 0.25) is 0 Å². The van der Waals surface area contributed by atoms with Gasteiger partial charge in [0, 0.05) is 11.1 Å². The zero-order valence-electron chi connectivity index (χ0n) is 19.1. The first-order valence-corrected chi connectivity index (χ1v) is 12.8. The minimum absolute atomic E-state index is 0.0138. The molecule has 0 amide bonds. The van der Waals surface area contributed by atoms with E-state index in [1.54, 1.807) is 13.8 Å². The molecule has 0 saturated carbocycles. The molecule has 0 aromatic heterocycles. The number of hydrogen-bond acceptors (Lipinski definition) is 3. The third-order valence-electron chi connectivity index (χ3n) is 5.52. The van der Waals surface area contributed by atoms with Crippen LogP contribution in [0.3, 0.4) is 0 Å². The molecule has 12 heteroatoms. The van der Waals surface area contributed by atoms with Gasteiger partial charge >= 0.3 is 12.4 Å². The minimum Gasteiger partial charge on any atom is -0.302 e. The van der Waals surface area contributed by atoms with Crippen LogP contribution >= 0.6 is 0 Å². The Hall–Kier alpha value is -2.80. The van der Waals surface area contributed by atoms with Gasteiger partial charge in [0.2, 0.25) is 0 Å². The molecule has 1 N–H and O–H groups in total. The van der Waals surface area contributed by atoms with Crippen molar-refractivity contribution in [2.24, 2.45) is 0 Å². The number of fused-ring (bicyclic) bond motifs is 2. The second kappa shape index (κ2) is 9.82. The Morgan fingerprint density at radius 1 is 0.703 bits per heavy atom. The smallest absolute Gasteiger partial charge is 0.302 e. The molecule has 4 aromatic rings. The zero-order valence-corrected chi connectivity index (χ0v) is 20.7. The Labute approximate surface area is 212 Å². The van der Waals surface area contributed by atoms with Crippen molar-refractivity contribution in [1.82, 2.24) is 0 Å². The lowest BCUT2D eigenvalue weighted by Gasteiger charge is -2.19. The maximum Gasteiger partial charge on any atom is 0.416 e. The van der Waals surface area contributed by atoms with Gasteiger partial charge in [-0.1, -0.05) is 24.3 Å². The molecule has 4 rings (SSSR count). The van der Waals surface area contributed by atoms with Gasteiger partial charge in [0.1, 0.15) is 0 Å². The Bertz CT molecular complexity index is 1560. The number of hydrogen-bond donors (Lipinski definition) is 1. The summed E-state index contributed by atoms with van der Waals surface area (Å²) in [5, 5.41) is 0.395. The number of benzene rings is 4. The first-order valence-electron chi connectivity index (χ1n) is 10.7. The van der Waals surface area contributed by atoms with E-state index in [0.717, 1.165) is 42.5 Å². The van der Waals surface area contributed by atoms with Crippen molar-refractivity contribution in [2.75, 3.05) is 0 Å². The van der Waals surface area contributed by atoms with E-state index in [4.69, 9.17) is 4.18 Å². The molecule has 0 aliphatic heterocycles. The van der Waals surface area contributed by atoms with E-state index < -0.39 is 51.7 Å². The molecule has 2 atom stereocenters. The van der Waals surface area contributed by atoms with Crippen LogP contribution < -0.4 is 0 Å². The summed E-state index contributed by atoms with van der Waals surface area (Å²) in [4.78, 5) is -0.234. The fourth-order valence-corrected chi connectivity index (χ4v) is 5.58. The van der Waals surface area contributed by atoms with Crippen LogP contribution in [0.4, 0.5) is 26.3 Å². The molecule has 0 radical (unpaired) electrons. The van der Waals surface area contributed by atoms with Crippen LogP contribution in [0.5, 0.6) is 0 Å². The van der Waals surface area contributed by atoms with Crippen molar-refractivity contribution in [1.29, 1.82) is 0 Å². The molecule has 0 fully saturated rings. The summed E-state index contributed by atoms with van der Waals surface area (Å²) in [5.74, 6) is 0. The summed E-state index contributed by atoms with van der Waals surface area (Å²) in [6.45, 7) is 3.22. The van der Waals surface area contributed by atoms with Crippen molar-refractivity contribution in [3.8, 4) is 11.1 Å². The number of alkyl halides is 6. The first kappa shape index (κ1) is 27.2. The SMILES string of the molecule is CC(C)OS(=O)c1ccc2cc(C(F)(F)F)ccc2c1-c1c(S(=O)O)ccc2cc(C(F)(F)F)ccc12.